The standard InChI is InChI=1S/C60H43N/c1-60(51-20-6-3-7-21-51)57-24-11-10-22-56(57)59-55(23-13-25-58(59)60)46-32-38-54(39-33-46)61(53-36-30-45(31-37-53)50-27-26-43-16-8-9-17-47(43)41-50)52-34-28-44(29-35-52)49-19-12-18-48(40-49)42-14-4-2-5-15-42/h2-41H,1H3. The SMILES string of the molecule is CC1(c2ccccc2)c2ccccc2-c2c(-c3ccc(N(c4ccc(-c5cccc(-c6ccccc6)c5)cc4)c4ccc(-c5ccc6ccccc6c5)cc4)cc3)cccc21. The van der Waals surface area contributed by atoms with Gasteiger partial charge < -0.3 is 4.90 Å². The molecule has 11 rings (SSSR count). The van der Waals surface area contributed by atoms with Crippen molar-refractivity contribution in [2.45, 2.75) is 12.3 Å². The smallest absolute Gasteiger partial charge is 0.0462 e. The van der Waals surface area contributed by atoms with E-state index in [2.05, 4.69) is 254 Å². The number of anilines is 3. The van der Waals surface area contributed by atoms with E-state index in [-0.39, 0.29) is 5.41 Å². The average molecular weight is 778 g/mol. The molecule has 0 aromatic heterocycles. The van der Waals surface area contributed by atoms with Crippen LogP contribution in [0, 0.1) is 0 Å². The summed E-state index contributed by atoms with van der Waals surface area (Å²) in [5.74, 6) is 0. The second kappa shape index (κ2) is 15.1. The lowest BCUT2D eigenvalue weighted by molar-refractivity contribution is 0.714. The predicted octanol–water partition coefficient (Wildman–Crippen LogP) is 16.3. The second-order valence-electron chi connectivity index (χ2n) is 16.2. The molecular weight excluding hydrogens is 735 g/mol. The molecule has 0 saturated heterocycles. The highest BCUT2D eigenvalue weighted by Crippen LogP contribution is 2.55. The zero-order chi connectivity index (χ0) is 40.8. The number of hydrogen-bond donors (Lipinski definition) is 0. The highest BCUT2D eigenvalue weighted by Gasteiger charge is 2.41. The number of fused-ring (bicyclic) bond motifs is 4. The molecule has 1 nitrogen and oxygen atoms in total. The maximum absolute atomic E-state index is 2.38. The van der Waals surface area contributed by atoms with E-state index >= 15 is 0 Å². The Balaban J connectivity index is 0.982. The molecule has 1 unspecified atom stereocenters. The van der Waals surface area contributed by atoms with Crippen LogP contribution in [0.15, 0.2) is 243 Å². The van der Waals surface area contributed by atoms with E-state index in [0.717, 1.165) is 17.1 Å². The van der Waals surface area contributed by atoms with Gasteiger partial charge in [0.05, 0.1) is 0 Å². The molecule has 288 valence electrons. The van der Waals surface area contributed by atoms with Gasteiger partial charge in [0.15, 0.2) is 0 Å². The molecule has 0 heterocycles. The van der Waals surface area contributed by atoms with Gasteiger partial charge in [0, 0.05) is 22.5 Å². The van der Waals surface area contributed by atoms with Gasteiger partial charge >= 0.3 is 0 Å². The third-order valence-electron chi connectivity index (χ3n) is 12.8. The quantitative estimate of drug-likeness (QED) is 0.149. The van der Waals surface area contributed by atoms with Crippen molar-refractivity contribution >= 4 is 27.8 Å². The Labute approximate surface area is 358 Å². The molecule has 0 amide bonds. The maximum Gasteiger partial charge on any atom is 0.0462 e. The summed E-state index contributed by atoms with van der Waals surface area (Å²) in [6.07, 6.45) is 0. The Hall–Kier alpha value is -7.74. The molecule has 1 heteroatoms. The Morgan fingerprint density at radius 3 is 1.39 bits per heavy atom. The van der Waals surface area contributed by atoms with Crippen molar-refractivity contribution in [2.24, 2.45) is 0 Å². The van der Waals surface area contributed by atoms with Crippen LogP contribution in [-0.2, 0) is 5.41 Å². The van der Waals surface area contributed by atoms with E-state index in [0.29, 0.717) is 0 Å². The topological polar surface area (TPSA) is 3.24 Å². The number of hydrogen-bond acceptors (Lipinski definition) is 1. The van der Waals surface area contributed by atoms with E-state index in [9.17, 15) is 0 Å². The molecule has 0 N–H and O–H groups in total. The molecule has 0 saturated carbocycles. The van der Waals surface area contributed by atoms with Gasteiger partial charge in [-0.3, -0.25) is 0 Å². The zero-order valence-corrected chi connectivity index (χ0v) is 34.0. The van der Waals surface area contributed by atoms with Crippen LogP contribution < -0.4 is 4.90 Å². The Bertz CT molecular complexity index is 3170. The summed E-state index contributed by atoms with van der Waals surface area (Å²) in [4.78, 5) is 2.37. The third kappa shape index (κ3) is 6.43. The van der Waals surface area contributed by atoms with E-state index in [1.807, 2.05) is 0 Å². The van der Waals surface area contributed by atoms with Crippen LogP contribution in [0.5, 0.6) is 0 Å². The molecule has 0 bridgehead atoms. The van der Waals surface area contributed by atoms with Gasteiger partial charge in [-0.05, 0) is 139 Å². The summed E-state index contributed by atoms with van der Waals surface area (Å²) in [7, 11) is 0. The van der Waals surface area contributed by atoms with Crippen LogP contribution in [0.1, 0.15) is 23.6 Å². The van der Waals surface area contributed by atoms with E-state index in [1.54, 1.807) is 0 Å². The van der Waals surface area contributed by atoms with Gasteiger partial charge in [0.25, 0.3) is 0 Å². The number of benzene rings is 10. The molecule has 1 atom stereocenters. The van der Waals surface area contributed by atoms with Crippen molar-refractivity contribution in [2.75, 3.05) is 4.90 Å². The van der Waals surface area contributed by atoms with Crippen molar-refractivity contribution in [1.29, 1.82) is 0 Å². The van der Waals surface area contributed by atoms with Gasteiger partial charge in [-0.25, -0.2) is 0 Å². The second-order valence-corrected chi connectivity index (χ2v) is 16.2. The zero-order valence-electron chi connectivity index (χ0n) is 34.0. The first-order valence-corrected chi connectivity index (χ1v) is 21.2. The minimum Gasteiger partial charge on any atom is -0.311 e. The predicted molar refractivity (Wildman–Crippen MR) is 258 cm³/mol. The van der Waals surface area contributed by atoms with Crippen LogP contribution in [-0.4, -0.2) is 0 Å². The van der Waals surface area contributed by atoms with Gasteiger partial charge in [-0.1, -0.05) is 194 Å². The Kier molecular flexibility index (Phi) is 9.02. The summed E-state index contributed by atoms with van der Waals surface area (Å²) in [6, 6.07) is 88.6. The Morgan fingerprint density at radius 2 is 0.738 bits per heavy atom. The largest absolute Gasteiger partial charge is 0.311 e. The summed E-state index contributed by atoms with van der Waals surface area (Å²) >= 11 is 0. The third-order valence-corrected chi connectivity index (χ3v) is 12.8. The molecule has 1 aliphatic rings. The van der Waals surface area contributed by atoms with Crippen LogP contribution in [0.3, 0.4) is 0 Å². The Morgan fingerprint density at radius 1 is 0.295 bits per heavy atom. The number of nitrogens with zero attached hydrogens (tertiary/aromatic N) is 1. The first-order chi connectivity index (χ1) is 30.1. The first kappa shape index (κ1) is 36.3. The molecule has 1 aliphatic carbocycles. The van der Waals surface area contributed by atoms with E-state index < -0.39 is 0 Å². The van der Waals surface area contributed by atoms with Crippen molar-refractivity contribution in [3.63, 3.8) is 0 Å². The van der Waals surface area contributed by atoms with Crippen molar-refractivity contribution < 1.29 is 0 Å². The molecule has 0 radical (unpaired) electrons. The summed E-state index contributed by atoms with van der Waals surface area (Å²) < 4.78 is 0. The van der Waals surface area contributed by atoms with E-state index in [1.165, 1.54) is 83.1 Å². The maximum atomic E-state index is 2.38. The highest BCUT2D eigenvalue weighted by atomic mass is 15.1. The van der Waals surface area contributed by atoms with Gasteiger partial charge in [0.1, 0.15) is 0 Å². The fraction of sp³-hybridized carbons (Fsp3) is 0.0333. The van der Waals surface area contributed by atoms with Crippen molar-refractivity contribution in [3.8, 4) is 55.6 Å². The van der Waals surface area contributed by atoms with Crippen LogP contribution >= 0.6 is 0 Å². The number of rotatable bonds is 8. The van der Waals surface area contributed by atoms with Crippen LogP contribution in [0.2, 0.25) is 0 Å². The molecule has 0 fully saturated rings. The molecule has 61 heavy (non-hydrogen) atoms. The molecular formula is C60H43N. The van der Waals surface area contributed by atoms with Crippen LogP contribution in [0.25, 0.3) is 66.4 Å². The normalized spacial score (nSPS) is 14.0. The summed E-state index contributed by atoms with van der Waals surface area (Å²) in [5, 5.41) is 2.50. The van der Waals surface area contributed by atoms with Crippen LogP contribution in [0.4, 0.5) is 17.1 Å². The first-order valence-electron chi connectivity index (χ1n) is 21.2. The fourth-order valence-corrected chi connectivity index (χ4v) is 9.59. The minimum absolute atomic E-state index is 0.242. The minimum atomic E-state index is -0.242. The van der Waals surface area contributed by atoms with Gasteiger partial charge in [-0.2, -0.15) is 0 Å². The monoisotopic (exact) mass is 777 g/mol. The summed E-state index contributed by atoms with van der Waals surface area (Å²) in [6.45, 7) is 2.38. The van der Waals surface area contributed by atoms with E-state index in [4.69, 9.17) is 0 Å². The summed E-state index contributed by atoms with van der Waals surface area (Å²) in [5.41, 5.74) is 19.4. The fourth-order valence-electron chi connectivity index (χ4n) is 9.59. The van der Waals surface area contributed by atoms with Crippen molar-refractivity contribution in [1.82, 2.24) is 0 Å². The lowest BCUT2D eigenvalue weighted by atomic mass is 9.74. The lowest BCUT2D eigenvalue weighted by Crippen LogP contribution is -2.22. The highest BCUT2D eigenvalue weighted by molar-refractivity contribution is 5.94. The molecule has 10 aromatic carbocycles. The molecule has 10 aromatic rings. The lowest BCUT2D eigenvalue weighted by Gasteiger charge is -2.28. The van der Waals surface area contributed by atoms with Crippen molar-refractivity contribution in [3.05, 3.63) is 259 Å². The van der Waals surface area contributed by atoms with Gasteiger partial charge in [-0.15, -0.1) is 0 Å². The molecule has 0 aliphatic heterocycles. The molecule has 0 spiro atoms. The average Bonchev–Trinajstić information content (AvgIpc) is 3.61. The van der Waals surface area contributed by atoms with Gasteiger partial charge in [0.2, 0.25) is 0 Å².